The van der Waals surface area contributed by atoms with Gasteiger partial charge in [-0.15, -0.1) is 0 Å². The van der Waals surface area contributed by atoms with E-state index in [0.717, 1.165) is 0 Å². The maximum atomic E-state index is 11.7. The van der Waals surface area contributed by atoms with Crippen molar-refractivity contribution in [2.45, 2.75) is 6.92 Å². The second kappa shape index (κ2) is 5.99. The molecule has 1 heterocycles. The van der Waals surface area contributed by atoms with E-state index >= 15 is 0 Å². The molecule has 2 aromatic carbocycles. The molecule has 0 amide bonds. The van der Waals surface area contributed by atoms with Crippen LogP contribution in [0.5, 0.6) is 0 Å². The Morgan fingerprint density at radius 3 is 2.82 bits per heavy atom. The molecule has 0 N–H and O–H groups in total. The summed E-state index contributed by atoms with van der Waals surface area (Å²) in [5, 5.41) is 1.02. The summed E-state index contributed by atoms with van der Waals surface area (Å²) < 4.78 is 10.6. The lowest BCUT2D eigenvalue weighted by Crippen LogP contribution is -2.03. The second-order valence-electron chi connectivity index (χ2n) is 4.55. The molecule has 0 aliphatic carbocycles. The van der Waals surface area contributed by atoms with Crippen molar-refractivity contribution in [3.05, 3.63) is 52.0 Å². The van der Waals surface area contributed by atoms with Gasteiger partial charge in [0.2, 0.25) is 5.89 Å². The molecule has 3 rings (SSSR count). The summed E-state index contributed by atoms with van der Waals surface area (Å²) in [6.07, 6.45) is 0. The number of rotatable bonds is 3. The van der Waals surface area contributed by atoms with Gasteiger partial charge in [-0.3, -0.25) is 0 Å². The quantitative estimate of drug-likeness (QED) is 0.633. The Labute approximate surface area is 136 Å². The van der Waals surface area contributed by atoms with E-state index in [1.165, 1.54) is 0 Å². The van der Waals surface area contributed by atoms with Crippen LogP contribution in [0.3, 0.4) is 0 Å². The van der Waals surface area contributed by atoms with Crippen molar-refractivity contribution >= 4 is 40.3 Å². The lowest BCUT2D eigenvalue weighted by atomic mass is 10.2. The molecule has 3 aromatic rings. The van der Waals surface area contributed by atoms with Gasteiger partial charge in [-0.25, -0.2) is 9.78 Å². The molecule has 0 unspecified atom stereocenters. The summed E-state index contributed by atoms with van der Waals surface area (Å²) in [6, 6.07) is 9.98. The summed E-state index contributed by atoms with van der Waals surface area (Å²) >= 11 is 12.1. The smallest absolute Gasteiger partial charge is 0.338 e. The number of carbonyl (C=O) groups is 1. The van der Waals surface area contributed by atoms with Crippen molar-refractivity contribution in [2.75, 3.05) is 6.61 Å². The highest BCUT2D eigenvalue weighted by atomic mass is 35.5. The minimum absolute atomic E-state index is 0.319. The third-order valence-corrected chi connectivity index (χ3v) is 3.62. The number of halogens is 2. The number of nitrogens with zero attached hydrogens (tertiary/aromatic N) is 1. The average molecular weight is 336 g/mol. The molecule has 0 bridgehead atoms. The second-order valence-corrected chi connectivity index (χ2v) is 5.39. The van der Waals surface area contributed by atoms with Crippen molar-refractivity contribution in [3.8, 4) is 11.5 Å². The number of carbonyl (C=O) groups excluding carboxylic acids is 1. The first kappa shape index (κ1) is 14.9. The van der Waals surface area contributed by atoms with Crippen molar-refractivity contribution in [3.63, 3.8) is 0 Å². The monoisotopic (exact) mass is 335 g/mol. The van der Waals surface area contributed by atoms with Gasteiger partial charge >= 0.3 is 5.97 Å². The molecule has 112 valence electrons. The molecule has 0 saturated heterocycles. The zero-order valence-electron chi connectivity index (χ0n) is 11.6. The standard InChI is InChI=1S/C16H11Cl2NO3/c1-2-21-16(20)9-3-6-14-13(7-9)19-15(22-14)11-8-10(17)4-5-12(11)18/h3-8H,2H2,1H3. The lowest BCUT2D eigenvalue weighted by Gasteiger charge is -2.00. The van der Waals surface area contributed by atoms with Crippen LogP contribution in [0, 0.1) is 0 Å². The molecule has 6 heteroatoms. The number of hydrogen-bond acceptors (Lipinski definition) is 4. The molecule has 0 fully saturated rings. The Morgan fingerprint density at radius 2 is 2.05 bits per heavy atom. The Morgan fingerprint density at radius 1 is 1.23 bits per heavy atom. The van der Waals surface area contributed by atoms with E-state index in [0.29, 0.717) is 44.8 Å². The molecular formula is C16H11Cl2NO3. The number of esters is 1. The molecule has 0 atom stereocenters. The molecular weight excluding hydrogens is 325 g/mol. The van der Waals surface area contributed by atoms with E-state index in [1.807, 2.05) is 0 Å². The van der Waals surface area contributed by atoms with Crippen LogP contribution in [-0.2, 0) is 4.74 Å². The van der Waals surface area contributed by atoms with Crippen LogP contribution < -0.4 is 0 Å². The van der Waals surface area contributed by atoms with Gasteiger partial charge < -0.3 is 9.15 Å². The Hall–Kier alpha value is -2.04. The number of aromatic nitrogens is 1. The number of oxazole rings is 1. The van der Waals surface area contributed by atoms with E-state index in [4.69, 9.17) is 32.4 Å². The van der Waals surface area contributed by atoms with Gasteiger partial charge in [0, 0.05) is 5.02 Å². The van der Waals surface area contributed by atoms with Gasteiger partial charge in [-0.05, 0) is 43.3 Å². The average Bonchev–Trinajstić information content (AvgIpc) is 2.92. The predicted molar refractivity (Wildman–Crippen MR) is 85.4 cm³/mol. The summed E-state index contributed by atoms with van der Waals surface area (Å²) in [5.74, 6) is -0.0433. The molecule has 0 spiro atoms. The summed E-state index contributed by atoms with van der Waals surface area (Å²) in [7, 11) is 0. The Bertz CT molecular complexity index is 858. The van der Waals surface area contributed by atoms with E-state index in [-0.39, 0.29) is 0 Å². The van der Waals surface area contributed by atoms with Gasteiger partial charge in [-0.2, -0.15) is 0 Å². The fraction of sp³-hybridized carbons (Fsp3) is 0.125. The van der Waals surface area contributed by atoms with E-state index in [2.05, 4.69) is 4.98 Å². The van der Waals surface area contributed by atoms with E-state index in [9.17, 15) is 4.79 Å². The first-order valence-corrected chi connectivity index (χ1v) is 7.37. The van der Waals surface area contributed by atoms with Crippen LogP contribution in [-0.4, -0.2) is 17.6 Å². The Balaban J connectivity index is 2.06. The topological polar surface area (TPSA) is 52.3 Å². The summed E-state index contributed by atoms with van der Waals surface area (Å²) in [4.78, 5) is 16.1. The molecule has 1 aromatic heterocycles. The normalized spacial score (nSPS) is 10.9. The largest absolute Gasteiger partial charge is 0.462 e. The van der Waals surface area contributed by atoms with Gasteiger partial charge in [0.05, 0.1) is 22.8 Å². The molecule has 0 saturated carbocycles. The zero-order chi connectivity index (χ0) is 15.7. The first-order valence-electron chi connectivity index (χ1n) is 6.61. The van der Waals surface area contributed by atoms with Crippen LogP contribution in [0.25, 0.3) is 22.6 Å². The molecule has 22 heavy (non-hydrogen) atoms. The minimum Gasteiger partial charge on any atom is -0.462 e. The molecule has 0 radical (unpaired) electrons. The number of benzene rings is 2. The highest BCUT2D eigenvalue weighted by Gasteiger charge is 2.14. The van der Waals surface area contributed by atoms with Crippen LogP contribution in [0.15, 0.2) is 40.8 Å². The van der Waals surface area contributed by atoms with Crippen molar-refractivity contribution < 1.29 is 13.9 Å². The lowest BCUT2D eigenvalue weighted by molar-refractivity contribution is 0.0526. The van der Waals surface area contributed by atoms with Crippen LogP contribution in [0.4, 0.5) is 0 Å². The number of ether oxygens (including phenoxy) is 1. The van der Waals surface area contributed by atoms with Crippen molar-refractivity contribution in [1.82, 2.24) is 4.98 Å². The molecule has 4 nitrogen and oxygen atoms in total. The van der Waals surface area contributed by atoms with Crippen molar-refractivity contribution in [1.29, 1.82) is 0 Å². The van der Waals surface area contributed by atoms with Crippen LogP contribution in [0.2, 0.25) is 10.0 Å². The van der Waals surface area contributed by atoms with E-state index in [1.54, 1.807) is 43.3 Å². The SMILES string of the molecule is CCOC(=O)c1ccc2oc(-c3cc(Cl)ccc3Cl)nc2c1. The number of fused-ring (bicyclic) bond motifs is 1. The third kappa shape index (κ3) is 2.80. The predicted octanol–water partition coefficient (Wildman–Crippen LogP) is 4.98. The highest BCUT2D eigenvalue weighted by molar-refractivity contribution is 6.35. The van der Waals surface area contributed by atoms with Gasteiger partial charge in [-0.1, -0.05) is 23.2 Å². The Kier molecular flexibility index (Phi) is 4.05. The fourth-order valence-electron chi connectivity index (χ4n) is 2.05. The fourth-order valence-corrected chi connectivity index (χ4v) is 2.42. The summed E-state index contributed by atoms with van der Waals surface area (Å²) in [5.41, 5.74) is 2.13. The zero-order valence-corrected chi connectivity index (χ0v) is 13.1. The summed E-state index contributed by atoms with van der Waals surface area (Å²) in [6.45, 7) is 2.07. The van der Waals surface area contributed by atoms with Crippen LogP contribution >= 0.6 is 23.2 Å². The van der Waals surface area contributed by atoms with Gasteiger partial charge in [0.25, 0.3) is 0 Å². The minimum atomic E-state index is -0.394. The van der Waals surface area contributed by atoms with Gasteiger partial charge in [0.15, 0.2) is 5.58 Å². The molecule has 0 aliphatic rings. The highest BCUT2D eigenvalue weighted by Crippen LogP contribution is 2.32. The van der Waals surface area contributed by atoms with Crippen molar-refractivity contribution in [2.24, 2.45) is 0 Å². The van der Waals surface area contributed by atoms with Gasteiger partial charge in [0.1, 0.15) is 5.52 Å². The first-order chi connectivity index (χ1) is 10.6. The van der Waals surface area contributed by atoms with E-state index < -0.39 is 5.97 Å². The van der Waals surface area contributed by atoms with Crippen LogP contribution in [0.1, 0.15) is 17.3 Å². The molecule has 0 aliphatic heterocycles. The maximum Gasteiger partial charge on any atom is 0.338 e. The third-order valence-electron chi connectivity index (χ3n) is 3.06. The maximum absolute atomic E-state index is 11.7. The number of hydrogen-bond donors (Lipinski definition) is 0.